The molecule has 0 heterocycles. The van der Waals surface area contributed by atoms with Gasteiger partial charge in [-0.3, -0.25) is 4.79 Å². The van der Waals surface area contributed by atoms with E-state index in [1.54, 1.807) is 7.11 Å². The van der Waals surface area contributed by atoms with Crippen LogP contribution in [0, 0.1) is 5.92 Å². The van der Waals surface area contributed by atoms with Crippen molar-refractivity contribution in [3.05, 3.63) is 29.8 Å². The molecule has 0 bridgehead atoms. The summed E-state index contributed by atoms with van der Waals surface area (Å²) in [6.07, 6.45) is 0.592. The largest absolute Gasteiger partial charge is 0.497 e. The number of ether oxygens (including phenoxy) is 1. The lowest BCUT2D eigenvalue weighted by Crippen LogP contribution is -2.17. The van der Waals surface area contributed by atoms with E-state index in [2.05, 4.69) is 13.8 Å². The molecule has 2 heteroatoms. The smallest absolute Gasteiger partial charge is 0.140 e. The van der Waals surface area contributed by atoms with Crippen LogP contribution in [0.2, 0.25) is 0 Å². The van der Waals surface area contributed by atoms with E-state index in [-0.39, 0.29) is 5.92 Å². The van der Waals surface area contributed by atoms with E-state index in [0.717, 1.165) is 11.3 Å². The molecule has 1 unspecified atom stereocenters. The average molecular weight is 220 g/mol. The molecule has 0 aliphatic carbocycles. The molecule has 16 heavy (non-hydrogen) atoms. The molecule has 0 fully saturated rings. The normalized spacial score (nSPS) is 12.6. The molecular formula is C14H20O2. The van der Waals surface area contributed by atoms with E-state index in [4.69, 9.17) is 4.74 Å². The van der Waals surface area contributed by atoms with Crippen LogP contribution in [-0.4, -0.2) is 12.9 Å². The fourth-order valence-electron chi connectivity index (χ4n) is 1.97. The molecular weight excluding hydrogens is 200 g/mol. The van der Waals surface area contributed by atoms with E-state index < -0.39 is 0 Å². The van der Waals surface area contributed by atoms with Crippen LogP contribution < -0.4 is 4.74 Å². The van der Waals surface area contributed by atoms with Gasteiger partial charge in [0.2, 0.25) is 0 Å². The number of benzene rings is 1. The number of Topliss-reactive ketones (excluding diaryl/α,β-unsaturated/α-hetero) is 1. The van der Waals surface area contributed by atoms with Gasteiger partial charge < -0.3 is 4.74 Å². The lowest BCUT2D eigenvalue weighted by molar-refractivity contribution is -0.121. The molecule has 1 rings (SSSR count). The van der Waals surface area contributed by atoms with Crippen LogP contribution in [0.3, 0.4) is 0 Å². The van der Waals surface area contributed by atoms with E-state index in [9.17, 15) is 4.79 Å². The van der Waals surface area contributed by atoms with Crippen molar-refractivity contribution < 1.29 is 9.53 Å². The van der Waals surface area contributed by atoms with Crippen molar-refractivity contribution in [1.29, 1.82) is 0 Å². The Morgan fingerprint density at radius 1 is 1.25 bits per heavy atom. The number of ketones is 1. The monoisotopic (exact) mass is 220 g/mol. The van der Waals surface area contributed by atoms with Crippen molar-refractivity contribution in [2.24, 2.45) is 5.92 Å². The van der Waals surface area contributed by atoms with Gasteiger partial charge in [0.05, 0.1) is 7.11 Å². The highest BCUT2D eigenvalue weighted by molar-refractivity contribution is 5.85. The second-order valence-electron chi connectivity index (χ2n) is 4.31. The first-order valence-electron chi connectivity index (χ1n) is 5.76. The Bertz CT molecular complexity index is 338. The van der Waals surface area contributed by atoms with Crippen LogP contribution in [0.4, 0.5) is 0 Å². The maximum atomic E-state index is 11.9. The molecule has 2 nitrogen and oxygen atoms in total. The van der Waals surface area contributed by atoms with Crippen molar-refractivity contribution in [2.75, 3.05) is 7.11 Å². The number of carbonyl (C=O) groups excluding carboxylic acids is 1. The molecule has 0 aromatic heterocycles. The van der Waals surface area contributed by atoms with E-state index in [1.165, 1.54) is 0 Å². The first-order valence-corrected chi connectivity index (χ1v) is 5.76. The molecule has 0 N–H and O–H groups in total. The lowest BCUT2D eigenvalue weighted by Gasteiger charge is -2.19. The topological polar surface area (TPSA) is 26.3 Å². The number of methoxy groups -OCH3 is 1. The third-order valence-corrected chi connectivity index (χ3v) is 2.84. The van der Waals surface area contributed by atoms with Crippen LogP contribution in [-0.2, 0) is 4.79 Å². The van der Waals surface area contributed by atoms with Crippen LogP contribution >= 0.6 is 0 Å². The predicted molar refractivity (Wildman–Crippen MR) is 65.9 cm³/mol. The molecule has 0 spiro atoms. The molecule has 0 saturated carbocycles. The minimum atomic E-state index is 0.0101. The lowest BCUT2D eigenvalue weighted by atomic mass is 9.84. The minimum absolute atomic E-state index is 0.0101. The minimum Gasteiger partial charge on any atom is -0.497 e. The summed E-state index contributed by atoms with van der Waals surface area (Å²) in [5.41, 5.74) is 1.09. The van der Waals surface area contributed by atoms with Gasteiger partial charge in [-0.05, 0) is 23.6 Å². The van der Waals surface area contributed by atoms with Crippen LogP contribution in [0.5, 0.6) is 5.75 Å². The number of rotatable bonds is 5. The van der Waals surface area contributed by atoms with Gasteiger partial charge in [0.15, 0.2) is 0 Å². The van der Waals surface area contributed by atoms with Crippen molar-refractivity contribution in [3.8, 4) is 5.75 Å². The summed E-state index contributed by atoms with van der Waals surface area (Å²) in [6.45, 7) is 6.09. The van der Waals surface area contributed by atoms with Gasteiger partial charge in [-0.1, -0.05) is 32.9 Å². The first kappa shape index (κ1) is 12.8. The summed E-state index contributed by atoms with van der Waals surface area (Å²) in [7, 11) is 1.64. The molecule has 0 radical (unpaired) electrons. The van der Waals surface area contributed by atoms with Gasteiger partial charge >= 0.3 is 0 Å². The molecule has 0 saturated heterocycles. The summed E-state index contributed by atoms with van der Waals surface area (Å²) >= 11 is 0. The standard InChI is InChI=1S/C14H20O2/c1-5-13(15)14(10(2)3)11-6-8-12(16-4)9-7-11/h6-10,14H,5H2,1-4H3. The zero-order valence-corrected chi connectivity index (χ0v) is 10.5. The maximum absolute atomic E-state index is 11.9. The fourth-order valence-corrected chi connectivity index (χ4v) is 1.97. The van der Waals surface area contributed by atoms with Crippen molar-refractivity contribution in [3.63, 3.8) is 0 Å². The Labute approximate surface area is 97.6 Å². The van der Waals surface area contributed by atoms with Crippen LogP contribution in [0.1, 0.15) is 38.7 Å². The molecule has 1 atom stereocenters. The number of hydrogen-bond acceptors (Lipinski definition) is 2. The summed E-state index contributed by atoms with van der Waals surface area (Å²) < 4.78 is 5.11. The van der Waals surface area contributed by atoms with Gasteiger partial charge in [0.25, 0.3) is 0 Å². The molecule has 0 aliphatic rings. The van der Waals surface area contributed by atoms with Crippen molar-refractivity contribution in [2.45, 2.75) is 33.1 Å². The average Bonchev–Trinajstić information content (AvgIpc) is 2.29. The first-order chi connectivity index (χ1) is 7.60. The van der Waals surface area contributed by atoms with E-state index in [0.29, 0.717) is 18.1 Å². The van der Waals surface area contributed by atoms with Crippen molar-refractivity contribution >= 4 is 5.78 Å². The summed E-state index contributed by atoms with van der Waals surface area (Å²) in [6, 6.07) is 7.79. The van der Waals surface area contributed by atoms with Gasteiger partial charge in [0, 0.05) is 12.3 Å². The Hall–Kier alpha value is -1.31. The molecule has 0 aliphatic heterocycles. The Morgan fingerprint density at radius 2 is 1.81 bits per heavy atom. The van der Waals surface area contributed by atoms with Gasteiger partial charge in [-0.2, -0.15) is 0 Å². The number of carbonyl (C=O) groups is 1. The second-order valence-corrected chi connectivity index (χ2v) is 4.31. The third kappa shape index (κ3) is 2.84. The predicted octanol–water partition coefficient (Wildman–Crippen LogP) is 3.41. The molecule has 1 aromatic carbocycles. The molecule has 88 valence electrons. The van der Waals surface area contributed by atoms with E-state index in [1.807, 2.05) is 31.2 Å². The van der Waals surface area contributed by atoms with Gasteiger partial charge in [-0.15, -0.1) is 0 Å². The Balaban J connectivity index is 2.97. The van der Waals surface area contributed by atoms with E-state index >= 15 is 0 Å². The summed E-state index contributed by atoms with van der Waals surface area (Å²) in [5.74, 6) is 1.48. The summed E-state index contributed by atoms with van der Waals surface area (Å²) in [4.78, 5) is 11.9. The zero-order chi connectivity index (χ0) is 12.1. The second kappa shape index (κ2) is 5.69. The van der Waals surface area contributed by atoms with Crippen LogP contribution in [0.25, 0.3) is 0 Å². The van der Waals surface area contributed by atoms with Gasteiger partial charge in [0.1, 0.15) is 11.5 Å². The molecule has 1 aromatic rings. The fraction of sp³-hybridized carbons (Fsp3) is 0.500. The summed E-state index contributed by atoms with van der Waals surface area (Å²) in [5, 5.41) is 0. The quantitative estimate of drug-likeness (QED) is 0.760. The van der Waals surface area contributed by atoms with Crippen molar-refractivity contribution in [1.82, 2.24) is 0 Å². The Morgan fingerprint density at radius 3 is 2.19 bits per heavy atom. The highest BCUT2D eigenvalue weighted by Gasteiger charge is 2.22. The Kier molecular flexibility index (Phi) is 4.53. The van der Waals surface area contributed by atoms with Gasteiger partial charge in [-0.25, -0.2) is 0 Å². The number of hydrogen-bond donors (Lipinski definition) is 0. The zero-order valence-electron chi connectivity index (χ0n) is 10.5. The maximum Gasteiger partial charge on any atom is 0.140 e. The van der Waals surface area contributed by atoms with Crippen LogP contribution in [0.15, 0.2) is 24.3 Å². The molecule has 0 amide bonds. The highest BCUT2D eigenvalue weighted by atomic mass is 16.5. The SMILES string of the molecule is CCC(=O)C(c1ccc(OC)cc1)C(C)C. The third-order valence-electron chi connectivity index (χ3n) is 2.84. The highest BCUT2D eigenvalue weighted by Crippen LogP contribution is 2.27.